The van der Waals surface area contributed by atoms with Crippen LogP contribution in [0.25, 0.3) is 10.9 Å². The van der Waals surface area contributed by atoms with Gasteiger partial charge in [-0.3, -0.25) is 9.59 Å². The lowest BCUT2D eigenvalue weighted by molar-refractivity contribution is -0.138. The number of esters is 1. The molecule has 0 amide bonds. The molecule has 1 aromatic carbocycles. The Labute approximate surface area is 141 Å². The Balaban J connectivity index is 1.99. The first-order valence-corrected chi connectivity index (χ1v) is 8.13. The van der Waals surface area contributed by atoms with E-state index in [0.717, 1.165) is 23.9 Å². The van der Waals surface area contributed by atoms with Gasteiger partial charge in [-0.05, 0) is 45.0 Å². The summed E-state index contributed by atoms with van der Waals surface area (Å²) in [7, 11) is 4.07. The van der Waals surface area contributed by atoms with Gasteiger partial charge in [0.05, 0.1) is 5.52 Å². The molecule has 0 aliphatic rings. The number of aromatic nitrogens is 1. The molecular formula is C18H24N2O4. The first-order valence-electron chi connectivity index (χ1n) is 8.13. The van der Waals surface area contributed by atoms with Crippen molar-refractivity contribution in [1.29, 1.82) is 0 Å². The lowest BCUT2D eigenvalue weighted by Crippen LogP contribution is -2.14. The molecule has 1 aromatic heterocycles. The number of likely N-dealkylation sites (N-methyl/N-ethyl adjacent to an activating group) is 1. The largest absolute Gasteiger partial charge is 0.481 e. The van der Waals surface area contributed by atoms with Gasteiger partial charge in [0, 0.05) is 31.0 Å². The van der Waals surface area contributed by atoms with Crippen molar-refractivity contribution < 1.29 is 19.4 Å². The Morgan fingerprint density at radius 1 is 1.21 bits per heavy atom. The van der Waals surface area contributed by atoms with Gasteiger partial charge in [-0.1, -0.05) is 12.1 Å². The van der Waals surface area contributed by atoms with Crippen molar-refractivity contribution in [3.05, 3.63) is 30.0 Å². The van der Waals surface area contributed by atoms with Crippen LogP contribution in [0.3, 0.4) is 0 Å². The van der Waals surface area contributed by atoms with Crippen LogP contribution in [-0.4, -0.2) is 47.6 Å². The number of carbonyl (C=O) groups excluding carboxylic acids is 1. The van der Waals surface area contributed by atoms with Gasteiger partial charge < -0.3 is 19.7 Å². The van der Waals surface area contributed by atoms with E-state index in [9.17, 15) is 9.59 Å². The first-order chi connectivity index (χ1) is 11.5. The quantitative estimate of drug-likeness (QED) is 0.419. The number of benzene rings is 1. The molecule has 130 valence electrons. The maximum absolute atomic E-state index is 11.9. The maximum Gasteiger partial charge on any atom is 0.311 e. The summed E-state index contributed by atoms with van der Waals surface area (Å²) in [6, 6.07) is 5.66. The van der Waals surface area contributed by atoms with Crippen LogP contribution in [0.15, 0.2) is 24.4 Å². The molecule has 0 saturated heterocycles. The van der Waals surface area contributed by atoms with Crippen molar-refractivity contribution in [3.63, 3.8) is 0 Å². The van der Waals surface area contributed by atoms with E-state index in [2.05, 4.69) is 9.88 Å². The summed E-state index contributed by atoms with van der Waals surface area (Å²) in [5, 5.41) is 9.65. The number of rotatable bonds is 9. The fourth-order valence-corrected chi connectivity index (χ4v) is 2.54. The molecule has 6 heteroatoms. The number of hydrogen-bond donors (Lipinski definition) is 2. The average molecular weight is 332 g/mol. The Bertz CT molecular complexity index is 706. The molecule has 0 fully saturated rings. The van der Waals surface area contributed by atoms with Crippen LogP contribution in [0, 0.1) is 0 Å². The highest BCUT2D eigenvalue weighted by Gasteiger charge is 2.12. The van der Waals surface area contributed by atoms with Crippen LogP contribution in [0.2, 0.25) is 0 Å². The molecule has 0 spiro atoms. The molecule has 0 aliphatic heterocycles. The lowest BCUT2D eigenvalue weighted by Gasteiger charge is -2.08. The number of unbranched alkanes of at least 4 members (excludes halogenated alkanes) is 1. The zero-order valence-electron chi connectivity index (χ0n) is 14.2. The Morgan fingerprint density at radius 3 is 2.67 bits per heavy atom. The van der Waals surface area contributed by atoms with Crippen LogP contribution in [0.5, 0.6) is 5.75 Å². The van der Waals surface area contributed by atoms with Crippen LogP contribution >= 0.6 is 0 Å². The van der Waals surface area contributed by atoms with E-state index in [4.69, 9.17) is 9.84 Å². The lowest BCUT2D eigenvalue weighted by atomic mass is 10.1. The van der Waals surface area contributed by atoms with Gasteiger partial charge in [-0.2, -0.15) is 0 Å². The van der Waals surface area contributed by atoms with Gasteiger partial charge in [0.2, 0.25) is 0 Å². The number of aliphatic carboxylic acids is 1. The molecule has 24 heavy (non-hydrogen) atoms. The van der Waals surface area contributed by atoms with Crippen LogP contribution in [0.1, 0.15) is 31.2 Å². The summed E-state index contributed by atoms with van der Waals surface area (Å²) in [4.78, 5) is 27.7. The van der Waals surface area contributed by atoms with E-state index < -0.39 is 5.97 Å². The minimum Gasteiger partial charge on any atom is -0.481 e. The van der Waals surface area contributed by atoms with Crippen molar-refractivity contribution >= 4 is 22.8 Å². The molecule has 0 radical (unpaired) electrons. The van der Waals surface area contributed by atoms with Crippen molar-refractivity contribution in [2.24, 2.45) is 0 Å². The predicted molar refractivity (Wildman–Crippen MR) is 92.3 cm³/mol. The number of aromatic amines is 1. The summed E-state index contributed by atoms with van der Waals surface area (Å²) in [6.07, 6.45) is 4.16. The van der Waals surface area contributed by atoms with E-state index in [-0.39, 0.29) is 18.8 Å². The zero-order chi connectivity index (χ0) is 17.5. The van der Waals surface area contributed by atoms with Crippen LogP contribution < -0.4 is 4.74 Å². The molecule has 2 rings (SSSR count). The summed E-state index contributed by atoms with van der Waals surface area (Å²) >= 11 is 0. The molecule has 1 heterocycles. The highest BCUT2D eigenvalue weighted by Crippen LogP contribution is 2.28. The van der Waals surface area contributed by atoms with Gasteiger partial charge in [-0.25, -0.2) is 0 Å². The first kappa shape index (κ1) is 18.0. The molecule has 0 unspecified atom stereocenters. The molecule has 2 N–H and O–H groups in total. The van der Waals surface area contributed by atoms with Crippen molar-refractivity contribution in [1.82, 2.24) is 9.88 Å². The van der Waals surface area contributed by atoms with E-state index in [1.54, 1.807) is 6.07 Å². The predicted octanol–water partition coefficient (Wildman–Crippen LogP) is 2.82. The number of H-pyrrole nitrogens is 1. The van der Waals surface area contributed by atoms with E-state index >= 15 is 0 Å². The zero-order valence-corrected chi connectivity index (χ0v) is 14.2. The molecule has 0 aliphatic carbocycles. The second kappa shape index (κ2) is 8.49. The Morgan fingerprint density at radius 2 is 1.96 bits per heavy atom. The smallest absolute Gasteiger partial charge is 0.311 e. The number of fused-ring (bicyclic) bond motifs is 1. The Kier molecular flexibility index (Phi) is 6.37. The second-order valence-electron chi connectivity index (χ2n) is 6.12. The summed E-state index contributed by atoms with van der Waals surface area (Å²) in [5.74, 6) is -0.658. The van der Waals surface area contributed by atoms with Crippen molar-refractivity contribution in [2.45, 2.75) is 32.1 Å². The molecule has 6 nitrogen and oxygen atoms in total. The van der Waals surface area contributed by atoms with Gasteiger partial charge in [0.15, 0.2) is 5.75 Å². The number of ether oxygens (including phenoxy) is 1. The van der Waals surface area contributed by atoms with E-state index in [1.807, 2.05) is 32.4 Å². The highest BCUT2D eigenvalue weighted by molar-refractivity contribution is 5.90. The van der Waals surface area contributed by atoms with Gasteiger partial charge in [-0.15, -0.1) is 0 Å². The van der Waals surface area contributed by atoms with Crippen molar-refractivity contribution in [2.75, 3.05) is 20.6 Å². The fourth-order valence-electron chi connectivity index (χ4n) is 2.54. The van der Waals surface area contributed by atoms with Gasteiger partial charge in [0.1, 0.15) is 0 Å². The monoisotopic (exact) mass is 332 g/mol. The fraction of sp³-hybridized carbons (Fsp3) is 0.444. The maximum atomic E-state index is 11.9. The topological polar surface area (TPSA) is 82.6 Å². The van der Waals surface area contributed by atoms with E-state index in [0.29, 0.717) is 18.6 Å². The summed E-state index contributed by atoms with van der Waals surface area (Å²) in [5.41, 5.74) is 2.02. The number of carboxylic acid groups (broad SMARTS) is 1. The molecular weight excluding hydrogens is 308 g/mol. The van der Waals surface area contributed by atoms with Crippen LogP contribution in [-0.2, 0) is 16.0 Å². The Hall–Kier alpha value is -2.34. The van der Waals surface area contributed by atoms with Crippen molar-refractivity contribution in [3.8, 4) is 5.75 Å². The standard InChI is InChI=1S/C18H24N2O4/c1-20(2)11-10-13-12-19-18-14(13)6-5-7-15(18)24-17(23)9-4-3-8-16(21)22/h5-7,12,19H,3-4,8-11H2,1-2H3,(H,21,22). The second-order valence-corrected chi connectivity index (χ2v) is 6.12. The number of nitrogens with one attached hydrogen (secondary N) is 1. The molecule has 0 bridgehead atoms. The highest BCUT2D eigenvalue weighted by atomic mass is 16.5. The third kappa shape index (κ3) is 5.09. The third-order valence-corrected chi connectivity index (χ3v) is 3.84. The third-order valence-electron chi connectivity index (χ3n) is 3.84. The molecule has 0 atom stereocenters. The van der Waals surface area contributed by atoms with Gasteiger partial charge in [0.25, 0.3) is 0 Å². The normalized spacial score (nSPS) is 11.1. The average Bonchev–Trinajstić information content (AvgIpc) is 2.93. The minimum absolute atomic E-state index is 0.0781. The van der Waals surface area contributed by atoms with Crippen LogP contribution in [0.4, 0.5) is 0 Å². The molecule has 0 saturated carbocycles. The van der Waals surface area contributed by atoms with E-state index in [1.165, 1.54) is 5.56 Å². The minimum atomic E-state index is -0.843. The summed E-state index contributed by atoms with van der Waals surface area (Å²) < 4.78 is 5.45. The summed E-state index contributed by atoms with van der Waals surface area (Å²) in [6.45, 7) is 0.945. The van der Waals surface area contributed by atoms with Gasteiger partial charge >= 0.3 is 11.9 Å². The number of hydrogen-bond acceptors (Lipinski definition) is 4. The number of nitrogens with zero attached hydrogens (tertiary/aromatic N) is 1. The number of para-hydroxylation sites is 1. The number of carboxylic acids is 1. The number of carbonyl (C=O) groups is 2. The molecule has 2 aromatic rings. The SMILES string of the molecule is CN(C)CCc1c[nH]c2c(OC(=O)CCCCC(=O)O)cccc12.